The molecule has 4 heterocycles. The van der Waals surface area contributed by atoms with E-state index in [1.165, 1.54) is 0 Å². The van der Waals surface area contributed by atoms with Crippen LogP contribution >= 0.6 is 0 Å². The Morgan fingerprint density at radius 3 is 2.79 bits per heavy atom. The van der Waals surface area contributed by atoms with Crippen molar-refractivity contribution in [3.8, 4) is 17.2 Å². The van der Waals surface area contributed by atoms with Gasteiger partial charge in [0.2, 0.25) is 5.91 Å². The highest BCUT2D eigenvalue weighted by Crippen LogP contribution is 2.33. The van der Waals surface area contributed by atoms with Crippen LogP contribution in [-0.2, 0) is 11.3 Å². The van der Waals surface area contributed by atoms with E-state index in [4.69, 9.17) is 14.2 Å². The van der Waals surface area contributed by atoms with Crippen LogP contribution in [0, 0.1) is 0 Å². The highest BCUT2D eigenvalue weighted by molar-refractivity contribution is 6.02. The minimum Gasteiger partial charge on any atom is -0.497 e. The minimum absolute atomic E-state index is 0.0972. The number of rotatable bonds is 7. The number of ether oxygens (including phenoxy) is 3. The number of benzene rings is 1. The first kappa shape index (κ1) is 22.7. The molecule has 3 aliphatic heterocycles. The van der Waals surface area contributed by atoms with Crippen LogP contribution in [0.15, 0.2) is 30.5 Å². The Morgan fingerprint density at radius 1 is 1.15 bits per heavy atom. The number of pyridine rings is 1. The van der Waals surface area contributed by atoms with Gasteiger partial charge in [0.25, 0.3) is 0 Å². The lowest BCUT2D eigenvalue weighted by Gasteiger charge is -2.35. The monoisotopic (exact) mass is 467 g/mol. The molecular formula is C25H33N5O4. The second-order valence-electron chi connectivity index (χ2n) is 8.95. The maximum atomic E-state index is 12.6. The van der Waals surface area contributed by atoms with E-state index in [0.29, 0.717) is 32.3 Å². The fourth-order valence-corrected chi connectivity index (χ4v) is 4.71. The first-order chi connectivity index (χ1) is 16.7. The number of likely N-dealkylation sites (tertiary alicyclic amines) is 1. The first-order valence-corrected chi connectivity index (χ1v) is 12.1. The smallest absolute Gasteiger partial charge is 0.246 e. The molecule has 9 heteroatoms. The van der Waals surface area contributed by atoms with Crippen molar-refractivity contribution in [2.45, 2.75) is 31.8 Å². The predicted octanol–water partition coefficient (Wildman–Crippen LogP) is 2.26. The zero-order valence-electron chi connectivity index (χ0n) is 19.7. The molecule has 34 heavy (non-hydrogen) atoms. The molecule has 0 saturated carbocycles. The van der Waals surface area contributed by atoms with E-state index in [1.807, 2.05) is 29.2 Å². The summed E-state index contributed by atoms with van der Waals surface area (Å²) in [5, 5.41) is 6.84. The van der Waals surface area contributed by atoms with Gasteiger partial charge in [0.1, 0.15) is 5.75 Å². The summed E-state index contributed by atoms with van der Waals surface area (Å²) in [6, 6.07) is 8.27. The highest BCUT2D eigenvalue weighted by Gasteiger charge is 2.26. The largest absolute Gasteiger partial charge is 0.497 e. The van der Waals surface area contributed by atoms with Crippen molar-refractivity contribution >= 4 is 17.3 Å². The van der Waals surface area contributed by atoms with E-state index in [1.54, 1.807) is 13.3 Å². The molecule has 1 aromatic carbocycles. The van der Waals surface area contributed by atoms with Gasteiger partial charge in [-0.1, -0.05) is 0 Å². The van der Waals surface area contributed by atoms with Crippen molar-refractivity contribution in [3.63, 3.8) is 0 Å². The number of anilines is 2. The molecule has 0 unspecified atom stereocenters. The Bertz CT molecular complexity index is 1010. The van der Waals surface area contributed by atoms with Crippen molar-refractivity contribution in [2.24, 2.45) is 0 Å². The highest BCUT2D eigenvalue weighted by atomic mass is 16.5. The van der Waals surface area contributed by atoms with Crippen LogP contribution in [0.3, 0.4) is 0 Å². The fraction of sp³-hybridized carbons (Fsp3) is 0.520. The lowest BCUT2D eigenvalue weighted by atomic mass is 10.0. The molecule has 0 atom stereocenters. The molecule has 9 nitrogen and oxygen atoms in total. The summed E-state index contributed by atoms with van der Waals surface area (Å²) in [5.74, 6) is 2.38. The van der Waals surface area contributed by atoms with E-state index < -0.39 is 0 Å². The topological polar surface area (TPSA) is 88.2 Å². The van der Waals surface area contributed by atoms with Gasteiger partial charge in [0.05, 0.1) is 50.1 Å². The third-order valence-corrected chi connectivity index (χ3v) is 6.72. The van der Waals surface area contributed by atoms with Gasteiger partial charge in [-0.25, -0.2) is 0 Å². The van der Waals surface area contributed by atoms with Gasteiger partial charge < -0.3 is 34.6 Å². The van der Waals surface area contributed by atoms with Crippen LogP contribution in [-0.4, -0.2) is 74.9 Å². The number of aromatic nitrogens is 1. The molecule has 2 N–H and O–H groups in total. The molecule has 1 saturated heterocycles. The van der Waals surface area contributed by atoms with Gasteiger partial charge in [-0.15, -0.1) is 0 Å². The summed E-state index contributed by atoms with van der Waals surface area (Å²) < 4.78 is 16.8. The summed E-state index contributed by atoms with van der Waals surface area (Å²) in [6.07, 6.45) is 4.81. The quantitative estimate of drug-likeness (QED) is 0.641. The third-order valence-electron chi connectivity index (χ3n) is 6.72. The second-order valence-corrected chi connectivity index (χ2v) is 8.95. The molecule has 0 spiro atoms. The number of amides is 1. The third kappa shape index (κ3) is 5.20. The van der Waals surface area contributed by atoms with Gasteiger partial charge in [-0.3, -0.25) is 9.78 Å². The van der Waals surface area contributed by atoms with Crippen LogP contribution in [0.2, 0.25) is 0 Å². The lowest BCUT2D eigenvalue weighted by Crippen LogP contribution is -2.47. The normalized spacial score (nSPS) is 18.7. The van der Waals surface area contributed by atoms with Gasteiger partial charge >= 0.3 is 0 Å². The Labute approximate surface area is 200 Å². The average molecular weight is 468 g/mol. The zero-order valence-corrected chi connectivity index (χ0v) is 19.7. The number of piperidine rings is 1. The molecule has 5 rings (SSSR count). The molecule has 0 radical (unpaired) electrons. The van der Waals surface area contributed by atoms with Gasteiger partial charge in [-0.05, 0) is 38.1 Å². The van der Waals surface area contributed by atoms with E-state index in [0.717, 1.165) is 79.8 Å². The Kier molecular flexibility index (Phi) is 7.01. The summed E-state index contributed by atoms with van der Waals surface area (Å²) in [6.45, 7) is 5.97. The lowest BCUT2D eigenvalue weighted by molar-refractivity contribution is -0.117. The Hall–Kier alpha value is -3.04. The molecule has 1 amide bonds. The molecule has 1 aromatic heterocycles. The second kappa shape index (κ2) is 10.5. The molecule has 0 bridgehead atoms. The van der Waals surface area contributed by atoms with E-state index in [2.05, 4.69) is 20.5 Å². The maximum Gasteiger partial charge on any atom is 0.246 e. The number of hydrogen-bond acceptors (Lipinski definition) is 8. The average Bonchev–Trinajstić information content (AvgIpc) is 3.12. The van der Waals surface area contributed by atoms with Crippen molar-refractivity contribution in [3.05, 3.63) is 36.2 Å². The predicted molar refractivity (Wildman–Crippen MR) is 130 cm³/mol. The zero-order chi connectivity index (χ0) is 23.3. The molecule has 3 aliphatic rings. The summed E-state index contributed by atoms with van der Waals surface area (Å²) >= 11 is 0. The molecule has 0 aliphatic carbocycles. The molecular weight excluding hydrogens is 434 g/mol. The van der Waals surface area contributed by atoms with Crippen molar-refractivity contribution in [1.82, 2.24) is 15.2 Å². The van der Waals surface area contributed by atoms with Gasteiger partial charge in [0.15, 0.2) is 11.5 Å². The Morgan fingerprint density at radius 2 is 1.97 bits per heavy atom. The summed E-state index contributed by atoms with van der Waals surface area (Å²) in [5.41, 5.74) is 2.85. The number of nitrogens with one attached hydrogen (secondary N) is 2. The minimum atomic E-state index is 0.0972. The molecule has 2 aromatic rings. The van der Waals surface area contributed by atoms with Crippen LogP contribution < -0.4 is 29.7 Å². The number of methoxy groups -OCH3 is 1. The number of carbonyl (C=O) groups is 1. The maximum absolute atomic E-state index is 12.6. The Balaban J connectivity index is 1.09. The van der Waals surface area contributed by atoms with Crippen LogP contribution in [0.1, 0.15) is 25.0 Å². The number of fused-ring (bicyclic) bond motifs is 2. The molecule has 182 valence electrons. The van der Waals surface area contributed by atoms with E-state index >= 15 is 0 Å². The first-order valence-electron chi connectivity index (χ1n) is 12.1. The van der Waals surface area contributed by atoms with E-state index in [9.17, 15) is 4.79 Å². The fourth-order valence-electron chi connectivity index (χ4n) is 4.71. The number of carbonyl (C=O) groups excluding carboxylic acids is 1. The summed E-state index contributed by atoms with van der Waals surface area (Å²) in [4.78, 5) is 21.4. The van der Waals surface area contributed by atoms with Crippen molar-refractivity contribution in [2.75, 3.05) is 63.3 Å². The number of hydrogen-bond donors (Lipinski definition) is 2. The van der Waals surface area contributed by atoms with Crippen LogP contribution in [0.25, 0.3) is 0 Å². The van der Waals surface area contributed by atoms with Gasteiger partial charge in [0, 0.05) is 44.2 Å². The SMILES string of the molecule is COc1ccc2c(c1)N(CCN1CCC(NCc3cc4c(cn3)OCCCO4)CC1)C(=O)CN2. The van der Waals surface area contributed by atoms with Crippen molar-refractivity contribution in [1.29, 1.82) is 0 Å². The van der Waals surface area contributed by atoms with Gasteiger partial charge in [-0.2, -0.15) is 0 Å². The summed E-state index contributed by atoms with van der Waals surface area (Å²) in [7, 11) is 1.65. The molecule has 1 fully saturated rings. The van der Waals surface area contributed by atoms with Crippen molar-refractivity contribution < 1.29 is 19.0 Å². The van der Waals surface area contributed by atoms with E-state index in [-0.39, 0.29) is 5.91 Å². The number of nitrogens with zero attached hydrogens (tertiary/aromatic N) is 3. The van der Waals surface area contributed by atoms with Crippen LogP contribution in [0.5, 0.6) is 17.2 Å². The van der Waals surface area contributed by atoms with Crippen LogP contribution in [0.4, 0.5) is 11.4 Å². The standard InChI is InChI=1S/C25H33N5O4/c1-32-20-3-4-21-22(14-20)30(25(31)17-28-21)10-9-29-7-5-18(6-8-29)26-15-19-13-23-24(16-27-19)34-12-2-11-33-23/h3-4,13-14,16,18,26,28H,2,5-12,15,17H2,1H3.